The van der Waals surface area contributed by atoms with Crippen LogP contribution in [0, 0.1) is 5.92 Å². The molecule has 82 valence electrons. The number of carbonyl (C=O) groups is 1. The quantitative estimate of drug-likeness (QED) is 0.667. The van der Waals surface area contributed by atoms with Gasteiger partial charge < -0.3 is 10.2 Å². The summed E-state index contributed by atoms with van der Waals surface area (Å²) in [6, 6.07) is 0. The molecule has 0 bridgehead atoms. The van der Waals surface area contributed by atoms with E-state index in [2.05, 4.69) is 24.1 Å². The Kier molecular flexibility index (Phi) is 4.94. The fraction of sp³-hybridized carbons (Fsp3) is 0.909. The number of nitrogens with zero attached hydrogens (tertiary/aromatic N) is 1. The van der Waals surface area contributed by atoms with Gasteiger partial charge in [-0.1, -0.05) is 13.8 Å². The van der Waals surface area contributed by atoms with E-state index >= 15 is 0 Å². The Morgan fingerprint density at radius 1 is 1.36 bits per heavy atom. The van der Waals surface area contributed by atoms with Crippen LogP contribution < -0.4 is 5.32 Å². The summed E-state index contributed by atoms with van der Waals surface area (Å²) >= 11 is 0. The lowest BCUT2D eigenvalue weighted by atomic mass is 10.3. The molecule has 1 saturated carbocycles. The Hall–Kier alpha value is -0.570. The second kappa shape index (κ2) is 6.02. The predicted molar refractivity (Wildman–Crippen MR) is 58.1 cm³/mol. The molecule has 0 saturated heterocycles. The van der Waals surface area contributed by atoms with Crippen LogP contribution in [0.4, 0.5) is 0 Å². The van der Waals surface area contributed by atoms with Gasteiger partial charge in [0.25, 0.3) is 0 Å². The molecule has 1 aliphatic rings. The molecular formula is C11H22N2O. The van der Waals surface area contributed by atoms with E-state index in [-0.39, 0.29) is 5.91 Å². The third-order valence-electron chi connectivity index (χ3n) is 2.66. The zero-order chi connectivity index (χ0) is 10.4. The van der Waals surface area contributed by atoms with Gasteiger partial charge in [0, 0.05) is 19.0 Å². The number of rotatable bonds is 7. The second-order valence-corrected chi connectivity index (χ2v) is 4.00. The van der Waals surface area contributed by atoms with E-state index in [4.69, 9.17) is 0 Å². The van der Waals surface area contributed by atoms with Crippen LogP contribution in [0.1, 0.15) is 33.1 Å². The first-order valence-electron chi connectivity index (χ1n) is 5.78. The van der Waals surface area contributed by atoms with E-state index in [1.165, 1.54) is 6.42 Å². The molecule has 0 atom stereocenters. The minimum atomic E-state index is 0.262. The van der Waals surface area contributed by atoms with Gasteiger partial charge in [-0.3, -0.25) is 4.79 Å². The van der Waals surface area contributed by atoms with Crippen LogP contribution in [0.15, 0.2) is 0 Å². The number of amides is 1. The van der Waals surface area contributed by atoms with Crippen LogP contribution in [0.25, 0.3) is 0 Å². The van der Waals surface area contributed by atoms with Gasteiger partial charge in [0.2, 0.25) is 5.91 Å². The van der Waals surface area contributed by atoms with Crippen molar-refractivity contribution in [2.75, 3.05) is 26.2 Å². The Morgan fingerprint density at radius 2 is 2.07 bits per heavy atom. The van der Waals surface area contributed by atoms with Gasteiger partial charge in [0.05, 0.1) is 0 Å². The first-order valence-corrected chi connectivity index (χ1v) is 5.78. The summed E-state index contributed by atoms with van der Waals surface area (Å²) in [5.41, 5.74) is 0. The van der Waals surface area contributed by atoms with Crippen molar-refractivity contribution in [2.45, 2.75) is 33.1 Å². The Bertz CT molecular complexity index is 178. The van der Waals surface area contributed by atoms with Crippen LogP contribution >= 0.6 is 0 Å². The highest BCUT2D eigenvalue weighted by molar-refractivity contribution is 5.80. The van der Waals surface area contributed by atoms with Crippen LogP contribution in [-0.4, -0.2) is 37.0 Å². The minimum Gasteiger partial charge on any atom is -0.355 e. The molecule has 0 aromatic carbocycles. The van der Waals surface area contributed by atoms with Gasteiger partial charge >= 0.3 is 0 Å². The van der Waals surface area contributed by atoms with Crippen LogP contribution in [-0.2, 0) is 4.79 Å². The first kappa shape index (κ1) is 11.5. The smallest absolute Gasteiger partial charge is 0.223 e. The molecular weight excluding hydrogens is 176 g/mol. The van der Waals surface area contributed by atoms with Crippen molar-refractivity contribution in [3.63, 3.8) is 0 Å². The zero-order valence-electron chi connectivity index (χ0n) is 9.38. The highest BCUT2D eigenvalue weighted by Gasteiger charge is 2.28. The number of hydrogen-bond donors (Lipinski definition) is 1. The highest BCUT2D eigenvalue weighted by Crippen LogP contribution is 2.28. The minimum absolute atomic E-state index is 0.262. The predicted octanol–water partition coefficient (Wildman–Crippen LogP) is 1.24. The molecule has 3 nitrogen and oxygen atoms in total. The molecule has 1 fully saturated rings. The average molecular weight is 198 g/mol. The van der Waals surface area contributed by atoms with E-state index in [1.54, 1.807) is 0 Å². The molecule has 0 unspecified atom stereocenters. The standard InChI is InChI=1S/C11H22N2O/c1-3-8-13(4-2)9-7-12-11(14)10-5-6-10/h10H,3-9H2,1-2H3,(H,12,14). The SMILES string of the molecule is CCCN(CC)CCNC(=O)C1CC1. The van der Waals surface area contributed by atoms with Crippen LogP contribution in [0.3, 0.4) is 0 Å². The topological polar surface area (TPSA) is 32.3 Å². The van der Waals surface area contributed by atoms with Crippen molar-refractivity contribution in [1.82, 2.24) is 10.2 Å². The molecule has 1 aliphatic carbocycles. The molecule has 1 rings (SSSR count). The molecule has 1 N–H and O–H groups in total. The summed E-state index contributed by atoms with van der Waals surface area (Å²) in [5.74, 6) is 0.605. The molecule has 0 radical (unpaired) electrons. The summed E-state index contributed by atoms with van der Waals surface area (Å²) in [6.45, 7) is 8.36. The summed E-state index contributed by atoms with van der Waals surface area (Å²) in [6.07, 6.45) is 3.38. The number of nitrogens with one attached hydrogen (secondary N) is 1. The lowest BCUT2D eigenvalue weighted by molar-refractivity contribution is -0.122. The monoisotopic (exact) mass is 198 g/mol. The van der Waals surface area contributed by atoms with Crippen molar-refractivity contribution >= 4 is 5.91 Å². The Morgan fingerprint density at radius 3 is 2.57 bits per heavy atom. The normalized spacial score (nSPS) is 15.9. The van der Waals surface area contributed by atoms with Crippen molar-refractivity contribution in [3.05, 3.63) is 0 Å². The molecule has 1 amide bonds. The van der Waals surface area contributed by atoms with Crippen molar-refractivity contribution in [3.8, 4) is 0 Å². The van der Waals surface area contributed by atoms with E-state index in [0.29, 0.717) is 5.92 Å². The van der Waals surface area contributed by atoms with Crippen LogP contribution in [0.5, 0.6) is 0 Å². The van der Waals surface area contributed by atoms with Gasteiger partial charge in [0.15, 0.2) is 0 Å². The summed E-state index contributed by atoms with van der Waals surface area (Å²) in [4.78, 5) is 13.7. The summed E-state index contributed by atoms with van der Waals surface area (Å²) in [5, 5.41) is 2.99. The molecule has 0 heterocycles. The van der Waals surface area contributed by atoms with Gasteiger partial charge in [-0.25, -0.2) is 0 Å². The molecule has 3 heteroatoms. The Balaban J connectivity index is 2.02. The maximum atomic E-state index is 11.3. The van der Waals surface area contributed by atoms with E-state index in [9.17, 15) is 4.79 Å². The summed E-state index contributed by atoms with van der Waals surface area (Å²) < 4.78 is 0. The molecule has 0 aliphatic heterocycles. The lowest BCUT2D eigenvalue weighted by Crippen LogP contribution is -2.35. The average Bonchev–Trinajstić information content (AvgIpc) is 2.99. The fourth-order valence-corrected chi connectivity index (χ4v) is 1.57. The maximum Gasteiger partial charge on any atom is 0.223 e. The van der Waals surface area contributed by atoms with Gasteiger partial charge in [-0.05, 0) is 32.4 Å². The summed E-state index contributed by atoms with van der Waals surface area (Å²) in [7, 11) is 0. The molecule has 0 aromatic rings. The molecule has 0 aromatic heterocycles. The van der Waals surface area contributed by atoms with Crippen molar-refractivity contribution < 1.29 is 4.79 Å². The largest absolute Gasteiger partial charge is 0.355 e. The van der Waals surface area contributed by atoms with E-state index < -0.39 is 0 Å². The maximum absolute atomic E-state index is 11.3. The van der Waals surface area contributed by atoms with E-state index in [0.717, 1.165) is 39.0 Å². The lowest BCUT2D eigenvalue weighted by Gasteiger charge is -2.19. The molecule has 14 heavy (non-hydrogen) atoms. The third-order valence-corrected chi connectivity index (χ3v) is 2.66. The van der Waals surface area contributed by atoms with Crippen molar-refractivity contribution in [1.29, 1.82) is 0 Å². The highest BCUT2D eigenvalue weighted by atomic mass is 16.2. The molecule has 0 spiro atoms. The second-order valence-electron chi connectivity index (χ2n) is 4.00. The Labute approximate surface area is 86.9 Å². The van der Waals surface area contributed by atoms with Gasteiger partial charge in [-0.15, -0.1) is 0 Å². The van der Waals surface area contributed by atoms with E-state index in [1.807, 2.05) is 0 Å². The van der Waals surface area contributed by atoms with Gasteiger partial charge in [-0.2, -0.15) is 0 Å². The number of hydrogen-bond acceptors (Lipinski definition) is 2. The number of carbonyl (C=O) groups excluding carboxylic acids is 1. The van der Waals surface area contributed by atoms with Crippen molar-refractivity contribution in [2.24, 2.45) is 5.92 Å². The zero-order valence-corrected chi connectivity index (χ0v) is 9.38. The first-order chi connectivity index (χ1) is 6.77. The number of likely N-dealkylation sites (N-methyl/N-ethyl adjacent to an activating group) is 1. The fourth-order valence-electron chi connectivity index (χ4n) is 1.57. The third kappa shape index (κ3) is 4.09. The van der Waals surface area contributed by atoms with Gasteiger partial charge in [0.1, 0.15) is 0 Å². The van der Waals surface area contributed by atoms with Crippen LogP contribution in [0.2, 0.25) is 0 Å².